The van der Waals surface area contributed by atoms with Crippen LogP contribution in [0.15, 0.2) is 94.6 Å². The average Bonchev–Trinajstić information content (AvgIpc) is 3.43. The second-order valence-corrected chi connectivity index (χ2v) is 14.9. The predicted molar refractivity (Wildman–Crippen MR) is 157 cm³/mol. The Labute approximate surface area is 237 Å². The zero-order chi connectivity index (χ0) is 29.2. The van der Waals surface area contributed by atoms with Gasteiger partial charge in [-0.1, -0.05) is 81.4 Å². The number of hydrogen-bond donors (Lipinski definition) is 3. The highest BCUT2D eigenvalue weighted by atomic mass is 28.4. The summed E-state index contributed by atoms with van der Waals surface area (Å²) in [7, 11) is -2.88. The molecular weight excluding hydrogens is 524 g/mol. The molecule has 0 aliphatic rings. The van der Waals surface area contributed by atoms with Gasteiger partial charge in [-0.3, -0.25) is 0 Å². The maximum absolute atomic E-state index is 12.3. The number of carbonyl (C=O) groups is 1. The second kappa shape index (κ2) is 14.4. The Kier molecular flexibility index (Phi) is 11.3. The first-order valence-electron chi connectivity index (χ1n) is 13.5. The smallest absolute Gasteiger partial charge is 0.335 e. The first-order valence-corrected chi connectivity index (χ1v) is 15.4. The van der Waals surface area contributed by atoms with Crippen LogP contribution in [0.1, 0.15) is 58.2 Å². The molecule has 40 heavy (non-hydrogen) atoms. The third-order valence-corrected chi connectivity index (χ3v) is 11.7. The lowest BCUT2D eigenvalue weighted by Crippen LogP contribution is -2.66. The van der Waals surface area contributed by atoms with Gasteiger partial charge in [0.1, 0.15) is 24.2 Å². The minimum Gasteiger partial charge on any atom is -0.464 e. The van der Waals surface area contributed by atoms with Gasteiger partial charge >= 0.3 is 5.97 Å². The average molecular weight is 565 g/mol. The Balaban J connectivity index is 1.98. The van der Waals surface area contributed by atoms with Crippen LogP contribution in [-0.4, -0.2) is 48.9 Å². The number of rotatable bonds is 13. The van der Waals surface area contributed by atoms with Crippen LogP contribution in [0.5, 0.6) is 0 Å². The van der Waals surface area contributed by atoms with Crippen molar-refractivity contribution in [3.63, 3.8) is 0 Å². The van der Waals surface area contributed by atoms with Crippen LogP contribution in [0.25, 0.3) is 0 Å². The highest BCUT2D eigenvalue weighted by Gasteiger charge is 2.50. The molecule has 0 radical (unpaired) electrons. The van der Waals surface area contributed by atoms with Gasteiger partial charge < -0.3 is 28.9 Å². The third-order valence-electron chi connectivity index (χ3n) is 6.69. The summed E-state index contributed by atoms with van der Waals surface area (Å²) in [6.45, 7) is 8.23. The molecule has 0 fully saturated rings. The molecule has 0 saturated heterocycles. The summed E-state index contributed by atoms with van der Waals surface area (Å²) in [5, 5.41) is 32.3. The number of aliphatic hydroxyl groups is 3. The predicted octanol–water partition coefficient (Wildman–Crippen LogP) is 4.17. The van der Waals surface area contributed by atoms with Crippen LogP contribution < -0.4 is 10.4 Å². The molecular formula is C32H40O7Si. The molecule has 3 aromatic rings. The molecule has 0 amide bonds. The first-order chi connectivity index (χ1) is 19.1. The highest BCUT2D eigenvalue weighted by Crippen LogP contribution is 2.37. The number of carbonyl (C=O) groups excluding carboxylic acids is 1. The quantitative estimate of drug-likeness (QED) is 0.162. The summed E-state index contributed by atoms with van der Waals surface area (Å²) in [5.74, 6) is -0.0105. The molecule has 0 unspecified atom stereocenters. The van der Waals surface area contributed by atoms with E-state index in [1.807, 2.05) is 36.4 Å². The van der Waals surface area contributed by atoms with E-state index in [-0.39, 0.29) is 37.7 Å². The third kappa shape index (κ3) is 7.70. The Hall–Kier alpha value is -3.23. The summed E-state index contributed by atoms with van der Waals surface area (Å²) in [6.07, 6.45) is -0.522. The standard InChI is InChI=1S/C32H40O7Si/c1-5-37-31(36)29(35)21-24(13-12-18-28(34)30-20-19-25(22-33)39-30)23-38-40(32(2,3)4,26-14-8-6-9-15-26)27-16-10-7-11-17-27/h6-12,14-17,19-20,28-29,33-35H,5,18,21-23H2,1-4H3/t13?,28-,29-/m1/s1. The number of ether oxygens (including phenoxy) is 1. The van der Waals surface area contributed by atoms with E-state index in [1.54, 1.807) is 25.1 Å². The normalized spacial score (nSPS) is 13.3. The number of benzene rings is 2. The van der Waals surface area contributed by atoms with E-state index in [0.717, 1.165) is 10.4 Å². The lowest BCUT2D eigenvalue weighted by atomic mass is 10.1. The largest absolute Gasteiger partial charge is 0.464 e. The van der Waals surface area contributed by atoms with Crippen LogP contribution in [0, 0.1) is 0 Å². The molecule has 1 heterocycles. The van der Waals surface area contributed by atoms with Gasteiger partial charge in [0.2, 0.25) is 0 Å². The molecule has 0 spiro atoms. The van der Waals surface area contributed by atoms with Crippen molar-refractivity contribution < 1.29 is 33.7 Å². The Morgan fingerprint density at radius 1 is 1.00 bits per heavy atom. The second-order valence-electron chi connectivity index (χ2n) is 10.6. The van der Waals surface area contributed by atoms with Gasteiger partial charge in [0, 0.05) is 12.8 Å². The van der Waals surface area contributed by atoms with Crippen LogP contribution in [-0.2, 0) is 20.6 Å². The molecule has 0 aliphatic heterocycles. The van der Waals surface area contributed by atoms with E-state index in [4.69, 9.17) is 13.6 Å². The van der Waals surface area contributed by atoms with E-state index >= 15 is 0 Å². The van der Waals surface area contributed by atoms with Crippen molar-refractivity contribution in [3.8, 4) is 0 Å². The summed E-state index contributed by atoms with van der Waals surface area (Å²) in [6, 6.07) is 23.6. The SMILES string of the molecule is CCOC(=O)[C@H](O)CC(=C=CC[C@@H](O)c1ccc(CO)o1)CO[Si](c1ccccc1)(c1ccccc1)C(C)(C)C. The molecule has 1 aromatic heterocycles. The molecule has 3 rings (SSSR count). The molecule has 214 valence electrons. The van der Waals surface area contributed by atoms with Gasteiger partial charge in [-0.2, -0.15) is 0 Å². The molecule has 0 saturated carbocycles. The van der Waals surface area contributed by atoms with Crippen LogP contribution in [0.4, 0.5) is 0 Å². The summed E-state index contributed by atoms with van der Waals surface area (Å²) < 4.78 is 17.4. The molecule has 2 atom stereocenters. The minimum absolute atomic E-state index is 0.0287. The van der Waals surface area contributed by atoms with Crippen molar-refractivity contribution in [1.82, 2.24) is 0 Å². The summed E-state index contributed by atoms with van der Waals surface area (Å²) in [4.78, 5) is 12.3. The summed E-state index contributed by atoms with van der Waals surface area (Å²) in [5.41, 5.74) is 3.73. The van der Waals surface area contributed by atoms with E-state index in [1.165, 1.54) is 0 Å². The molecule has 2 aromatic carbocycles. The van der Waals surface area contributed by atoms with Gasteiger partial charge in [-0.25, -0.2) is 4.79 Å². The Bertz CT molecular complexity index is 1230. The van der Waals surface area contributed by atoms with Crippen molar-refractivity contribution in [2.24, 2.45) is 0 Å². The lowest BCUT2D eigenvalue weighted by Gasteiger charge is -2.43. The van der Waals surface area contributed by atoms with Crippen LogP contribution >= 0.6 is 0 Å². The Morgan fingerprint density at radius 2 is 1.60 bits per heavy atom. The van der Waals surface area contributed by atoms with E-state index < -0.39 is 26.5 Å². The fourth-order valence-electron chi connectivity index (χ4n) is 4.76. The van der Waals surface area contributed by atoms with Crippen molar-refractivity contribution in [3.05, 3.63) is 102 Å². The van der Waals surface area contributed by atoms with Gasteiger partial charge in [0.05, 0.1) is 13.2 Å². The molecule has 8 heteroatoms. The highest BCUT2D eigenvalue weighted by molar-refractivity contribution is 6.99. The molecule has 7 nitrogen and oxygen atoms in total. The van der Waals surface area contributed by atoms with E-state index in [2.05, 4.69) is 50.8 Å². The Morgan fingerprint density at radius 3 is 2.10 bits per heavy atom. The minimum atomic E-state index is -2.88. The maximum atomic E-state index is 12.3. The number of esters is 1. The molecule has 0 aliphatic carbocycles. The lowest BCUT2D eigenvalue weighted by molar-refractivity contribution is -0.152. The first kappa shape index (κ1) is 31.3. The zero-order valence-electron chi connectivity index (χ0n) is 23.7. The molecule has 0 bridgehead atoms. The maximum Gasteiger partial charge on any atom is 0.335 e. The topological polar surface area (TPSA) is 109 Å². The van der Waals surface area contributed by atoms with Crippen LogP contribution in [0.2, 0.25) is 5.04 Å². The van der Waals surface area contributed by atoms with Crippen molar-refractivity contribution in [2.45, 2.75) is 64.4 Å². The van der Waals surface area contributed by atoms with Crippen LogP contribution in [0.3, 0.4) is 0 Å². The van der Waals surface area contributed by atoms with Gasteiger partial charge in [-0.05, 0) is 46.1 Å². The number of hydrogen-bond acceptors (Lipinski definition) is 7. The fraction of sp³-hybridized carbons (Fsp3) is 0.375. The van der Waals surface area contributed by atoms with Gasteiger partial charge in [0.25, 0.3) is 8.32 Å². The van der Waals surface area contributed by atoms with Gasteiger partial charge in [0.15, 0.2) is 6.10 Å². The monoisotopic (exact) mass is 564 g/mol. The number of furan rings is 1. The molecule has 3 N–H and O–H groups in total. The van der Waals surface area contributed by atoms with Gasteiger partial charge in [-0.15, -0.1) is 5.73 Å². The number of aliphatic hydroxyl groups excluding tert-OH is 3. The zero-order valence-corrected chi connectivity index (χ0v) is 24.7. The van der Waals surface area contributed by atoms with E-state index in [0.29, 0.717) is 17.1 Å². The van der Waals surface area contributed by atoms with Crippen molar-refractivity contribution in [2.75, 3.05) is 13.2 Å². The van der Waals surface area contributed by atoms with Crippen molar-refractivity contribution >= 4 is 24.7 Å². The van der Waals surface area contributed by atoms with Crippen molar-refractivity contribution in [1.29, 1.82) is 0 Å². The fourth-order valence-corrected chi connectivity index (χ4v) is 9.31. The van der Waals surface area contributed by atoms with E-state index in [9.17, 15) is 20.1 Å². The summed E-state index contributed by atoms with van der Waals surface area (Å²) >= 11 is 0.